The van der Waals surface area contributed by atoms with Crippen LogP contribution in [0, 0.1) is 34.5 Å². The first-order chi connectivity index (χ1) is 12.5. The third kappa shape index (κ3) is 2.12. The number of rotatable bonds is 1. The van der Waals surface area contributed by atoms with Crippen molar-refractivity contribution in [1.29, 1.82) is 0 Å². The van der Waals surface area contributed by atoms with E-state index in [1.54, 1.807) is 0 Å². The third-order valence-electron chi connectivity index (χ3n) is 10.5. The van der Waals surface area contributed by atoms with Crippen molar-refractivity contribution in [1.82, 2.24) is 4.90 Å². The predicted octanol–water partition coefficient (Wildman–Crippen LogP) is 3.84. The van der Waals surface area contributed by atoms with Gasteiger partial charge in [-0.05, 0) is 105 Å². The average molecular weight is 360 g/mol. The van der Waals surface area contributed by atoms with Gasteiger partial charge in [0.15, 0.2) is 0 Å². The number of nitrogens with zero attached hydrogens (tertiary/aromatic N) is 1. The molecule has 4 saturated carbocycles. The van der Waals surface area contributed by atoms with Gasteiger partial charge in [0, 0.05) is 6.04 Å². The number of aliphatic hydroxyl groups excluding tert-OH is 1. The highest BCUT2D eigenvalue weighted by atomic mass is 16.6. The van der Waals surface area contributed by atoms with Crippen LogP contribution in [0.15, 0.2) is 0 Å². The van der Waals surface area contributed by atoms with Crippen LogP contribution in [0.3, 0.4) is 0 Å². The Hall–Kier alpha value is -0.120. The molecule has 2 aliphatic heterocycles. The zero-order valence-corrected chi connectivity index (χ0v) is 16.7. The van der Waals surface area contributed by atoms with Crippen molar-refractivity contribution in [3.63, 3.8) is 0 Å². The van der Waals surface area contributed by atoms with E-state index in [1.165, 1.54) is 70.9 Å². The largest absolute Gasteiger partial charge is 0.391 e. The summed E-state index contributed by atoms with van der Waals surface area (Å²) < 4.78 is 5.98. The molecule has 10 atom stereocenters. The quantitative estimate of drug-likeness (QED) is 0.723. The molecule has 3 nitrogen and oxygen atoms in total. The molecule has 2 saturated heterocycles. The van der Waals surface area contributed by atoms with Gasteiger partial charge in [-0.15, -0.1) is 0 Å². The predicted molar refractivity (Wildman–Crippen MR) is 102 cm³/mol. The first-order valence-electron chi connectivity index (χ1n) is 11.6. The van der Waals surface area contributed by atoms with E-state index in [9.17, 15) is 5.11 Å². The highest BCUT2D eigenvalue weighted by Gasteiger charge is 2.65. The van der Waals surface area contributed by atoms with E-state index in [0.717, 1.165) is 23.7 Å². The van der Waals surface area contributed by atoms with Crippen LogP contribution in [0.5, 0.6) is 0 Å². The minimum absolute atomic E-state index is 0.0976. The molecular formula is C23H37NO2. The zero-order valence-electron chi connectivity index (χ0n) is 16.7. The summed E-state index contributed by atoms with van der Waals surface area (Å²) in [7, 11) is 0. The molecule has 0 aromatic heterocycles. The Labute approximate surface area is 158 Å². The normalized spacial score (nSPS) is 61.5. The van der Waals surface area contributed by atoms with Crippen LogP contribution >= 0.6 is 0 Å². The highest BCUT2D eigenvalue weighted by Crippen LogP contribution is 2.68. The third-order valence-corrected chi connectivity index (χ3v) is 10.5. The topological polar surface area (TPSA) is 36.0 Å². The molecule has 6 aliphatic rings. The van der Waals surface area contributed by atoms with Crippen LogP contribution < -0.4 is 0 Å². The van der Waals surface area contributed by atoms with Crippen LogP contribution in [0.1, 0.15) is 71.6 Å². The smallest absolute Gasteiger partial charge is 0.0847 e. The average Bonchev–Trinajstić information content (AvgIpc) is 3.02. The fourth-order valence-electron chi connectivity index (χ4n) is 8.93. The number of fused-ring (bicyclic) bond motifs is 6. The number of aliphatic hydroxyl groups is 1. The Morgan fingerprint density at radius 3 is 2.54 bits per heavy atom. The van der Waals surface area contributed by atoms with Gasteiger partial charge in [0.05, 0.1) is 18.3 Å². The highest BCUT2D eigenvalue weighted by molar-refractivity contribution is 5.15. The van der Waals surface area contributed by atoms with Crippen molar-refractivity contribution in [2.45, 2.75) is 96.0 Å². The van der Waals surface area contributed by atoms with Crippen LogP contribution in [0.4, 0.5) is 0 Å². The lowest BCUT2D eigenvalue weighted by Gasteiger charge is -2.59. The second-order valence-corrected chi connectivity index (χ2v) is 11.3. The monoisotopic (exact) mass is 359 g/mol. The summed E-state index contributed by atoms with van der Waals surface area (Å²) in [6, 6.07) is 0.444. The van der Waals surface area contributed by atoms with E-state index < -0.39 is 0 Å². The van der Waals surface area contributed by atoms with Gasteiger partial charge in [-0.3, -0.25) is 4.90 Å². The molecule has 4 aliphatic carbocycles. The maximum Gasteiger partial charge on any atom is 0.0847 e. The van der Waals surface area contributed by atoms with E-state index in [1.807, 2.05) is 0 Å². The lowest BCUT2D eigenvalue weighted by atomic mass is 9.45. The minimum atomic E-state index is -0.0976. The summed E-state index contributed by atoms with van der Waals surface area (Å²) in [4.78, 5) is 2.64. The molecule has 0 bridgehead atoms. The fraction of sp³-hybridized carbons (Fsp3) is 1.00. The molecule has 6 fully saturated rings. The van der Waals surface area contributed by atoms with E-state index in [2.05, 4.69) is 18.7 Å². The van der Waals surface area contributed by atoms with Gasteiger partial charge in [-0.1, -0.05) is 13.8 Å². The SMILES string of the molecule is C[C@]12C[C@H]3O[C@H]3CC1CCC1C2CC[C@@]2(C)C1C[C@@H](N1CCCC1)[C@H]2O. The summed E-state index contributed by atoms with van der Waals surface area (Å²) >= 11 is 0. The molecular weight excluding hydrogens is 322 g/mol. The number of likely N-dealkylation sites (tertiary alicyclic amines) is 1. The second-order valence-electron chi connectivity index (χ2n) is 11.3. The maximum atomic E-state index is 11.4. The number of hydrogen-bond donors (Lipinski definition) is 1. The van der Waals surface area contributed by atoms with Crippen molar-refractivity contribution in [2.24, 2.45) is 34.5 Å². The van der Waals surface area contributed by atoms with Gasteiger partial charge in [0.2, 0.25) is 0 Å². The van der Waals surface area contributed by atoms with Crippen molar-refractivity contribution < 1.29 is 9.84 Å². The molecule has 1 N–H and O–H groups in total. The lowest BCUT2D eigenvalue weighted by molar-refractivity contribution is -0.119. The van der Waals surface area contributed by atoms with E-state index in [4.69, 9.17) is 4.74 Å². The lowest BCUT2D eigenvalue weighted by Crippen LogP contribution is -2.54. The van der Waals surface area contributed by atoms with Gasteiger partial charge in [0.1, 0.15) is 0 Å². The maximum absolute atomic E-state index is 11.4. The molecule has 2 heterocycles. The van der Waals surface area contributed by atoms with Crippen LogP contribution in [0.25, 0.3) is 0 Å². The van der Waals surface area contributed by atoms with E-state index >= 15 is 0 Å². The Balaban J connectivity index is 1.29. The Bertz CT molecular complexity index is 589. The van der Waals surface area contributed by atoms with Crippen LogP contribution in [-0.4, -0.2) is 47.4 Å². The van der Waals surface area contributed by atoms with Crippen molar-refractivity contribution in [3.8, 4) is 0 Å². The van der Waals surface area contributed by atoms with Gasteiger partial charge in [0.25, 0.3) is 0 Å². The Morgan fingerprint density at radius 1 is 0.923 bits per heavy atom. The van der Waals surface area contributed by atoms with Crippen LogP contribution in [-0.2, 0) is 4.74 Å². The summed E-state index contributed by atoms with van der Waals surface area (Å²) in [5, 5.41) is 11.4. The summed E-state index contributed by atoms with van der Waals surface area (Å²) in [5.41, 5.74) is 0.684. The van der Waals surface area contributed by atoms with Gasteiger partial charge in [-0.2, -0.15) is 0 Å². The molecule has 3 heteroatoms. The summed E-state index contributed by atoms with van der Waals surface area (Å²) in [6.07, 6.45) is 13.1. The van der Waals surface area contributed by atoms with Gasteiger partial charge in [-0.25, -0.2) is 0 Å². The first kappa shape index (κ1) is 16.8. The van der Waals surface area contributed by atoms with Gasteiger partial charge >= 0.3 is 0 Å². The van der Waals surface area contributed by atoms with E-state index in [-0.39, 0.29) is 11.5 Å². The Morgan fingerprint density at radius 2 is 1.73 bits per heavy atom. The molecule has 0 aromatic carbocycles. The van der Waals surface area contributed by atoms with Crippen molar-refractivity contribution in [3.05, 3.63) is 0 Å². The first-order valence-corrected chi connectivity index (χ1v) is 11.6. The molecule has 4 unspecified atom stereocenters. The standard InChI is InChI=1S/C23H37NO2/c1-22-8-7-16-15(6-5-14-11-19-20(26-19)13-23(14,16)2)17(22)12-18(21(22)25)24-9-3-4-10-24/h14-21,25H,3-13H2,1-2H3/t14?,15?,16?,17?,18-,19+,20-,21-,22+,23+/m1/s1. The molecule has 146 valence electrons. The van der Waals surface area contributed by atoms with Crippen LogP contribution in [0.2, 0.25) is 0 Å². The number of epoxide rings is 1. The summed E-state index contributed by atoms with van der Waals surface area (Å²) in [6.45, 7) is 7.51. The fourth-order valence-corrected chi connectivity index (χ4v) is 8.93. The second kappa shape index (κ2) is 5.48. The van der Waals surface area contributed by atoms with E-state index in [0.29, 0.717) is 23.7 Å². The van der Waals surface area contributed by atoms with Gasteiger partial charge < -0.3 is 9.84 Å². The van der Waals surface area contributed by atoms with Crippen molar-refractivity contribution in [2.75, 3.05) is 13.1 Å². The van der Waals surface area contributed by atoms with Crippen molar-refractivity contribution >= 4 is 0 Å². The number of hydrogen-bond acceptors (Lipinski definition) is 3. The summed E-state index contributed by atoms with van der Waals surface area (Å²) in [5.74, 6) is 3.39. The number of ether oxygens (including phenoxy) is 1. The zero-order chi connectivity index (χ0) is 17.7. The molecule has 26 heavy (non-hydrogen) atoms. The minimum Gasteiger partial charge on any atom is -0.391 e. The molecule has 0 aromatic rings. The molecule has 6 rings (SSSR count). The molecule has 0 amide bonds. The molecule has 0 radical (unpaired) electrons. The molecule has 0 spiro atoms. The Kier molecular flexibility index (Phi) is 3.54.